The molecule has 302 valence electrons. The predicted molar refractivity (Wildman–Crippen MR) is 201 cm³/mol. The second-order valence-electron chi connectivity index (χ2n) is 15.0. The first-order valence-electron chi connectivity index (χ1n) is 19.4. The number of carbonyl (C=O) groups is 6. The van der Waals surface area contributed by atoms with Gasteiger partial charge in [0.05, 0.1) is 38.4 Å². The molecule has 0 unspecified atom stereocenters. The summed E-state index contributed by atoms with van der Waals surface area (Å²) in [7, 11) is 1.60. The number of hydrogen-bond acceptors (Lipinski definition) is 8. The van der Waals surface area contributed by atoms with Gasteiger partial charge in [0.15, 0.2) is 0 Å². The molecule has 1 heterocycles. The van der Waals surface area contributed by atoms with E-state index in [1.165, 1.54) is 11.0 Å². The van der Waals surface area contributed by atoms with Crippen molar-refractivity contribution in [3.05, 3.63) is 12.7 Å². The minimum absolute atomic E-state index is 0.0315. The van der Waals surface area contributed by atoms with Gasteiger partial charge in [-0.05, 0) is 44.4 Å². The summed E-state index contributed by atoms with van der Waals surface area (Å²) < 4.78 is 11.9. The Morgan fingerprint density at radius 1 is 0.962 bits per heavy atom. The monoisotopic (exact) mass is 750 g/mol. The number of carboxylic acid groups (broad SMARTS) is 1. The number of rotatable bonds is 14. The molecule has 0 bridgehead atoms. The highest BCUT2D eigenvalue weighted by Crippen LogP contribution is 2.28. The van der Waals surface area contributed by atoms with E-state index in [1.807, 2.05) is 13.8 Å². The van der Waals surface area contributed by atoms with Crippen LogP contribution in [-0.4, -0.2) is 115 Å². The fraction of sp³-hybridized carbons (Fsp3) is 0.789. The van der Waals surface area contributed by atoms with Crippen molar-refractivity contribution in [2.45, 2.75) is 142 Å². The van der Waals surface area contributed by atoms with Gasteiger partial charge in [-0.15, -0.1) is 6.58 Å². The smallest absolute Gasteiger partial charge is 0.404 e. The molecule has 1 saturated heterocycles. The molecular formula is C38H66N6O9. The van der Waals surface area contributed by atoms with Crippen molar-refractivity contribution >= 4 is 35.6 Å². The third-order valence-electron chi connectivity index (χ3n) is 10.00. The predicted octanol–water partition coefficient (Wildman–Crippen LogP) is 2.87. The number of nitrogens with zero attached hydrogens (tertiary/aromatic N) is 1. The summed E-state index contributed by atoms with van der Waals surface area (Å²) in [6, 6.07) is -5.16. The van der Waals surface area contributed by atoms with E-state index >= 15 is 0 Å². The van der Waals surface area contributed by atoms with Gasteiger partial charge in [0.2, 0.25) is 29.5 Å². The molecule has 15 nitrogen and oxygen atoms in total. The van der Waals surface area contributed by atoms with Crippen molar-refractivity contribution in [3.8, 4) is 0 Å². The van der Waals surface area contributed by atoms with Crippen LogP contribution < -0.4 is 26.6 Å². The molecule has 6 N–H and O–H groups in total. The zero-order valence-corrected chi connectivity index (χ0v) is 32.7. The highest BCUT2D eigenvalue weighted by molar-refractivity contribution is 5.96. The van der Waals surface area contributed by atoms with E-state index in [-0.39, 0.29) is 37.6 Å². The van der Waals surface area contributed by atoms with E-state index in [9.17, 15) is 33.9 Å². The highest BCUT2D eigenvalue weighted by atomic mass is 16.5. The van der Waals surface area contributed by atoms with Crippen LogP contribution >= 0.6 is 0 Å². The maximum atomic E-state index is 14.2. The number of hydrogen-bond donors (Lipinski definition) is 6. The van der Waals surface area contributed by atoms with Crippen molar-refractivity contribution in [2.24, 2.45) is 17.8 Å². The average molecular weight is 751 g/mol. The SMILES string of the molecule is C=CCOC[C@@H]1NC(=O)[C@H](CNC(=O)O)NC(=O)[C@H](C2CCCCC2)NC(=O)[C@H](CC(C)C)N(C)C(=O)[C@H](C)[C@@H](CCCCCC)OC[C@@H](C)NC1=O. The molecule has 0 aromatic rings. The van der Waals surface area contributed by atoms with E-state index < -0.39 is 78.5 Å². The Morgan fingerprint density at radius 2 is 1.62 bits per heavy atom. The molecule has 2 rings (SSSR count). The third kappa shape index (κ3) is 15.7. The fourth-order valence-electron chi connectivity index (χ4n) is 6.92. The second-order valence-corrected chi connectivity index (χ2v) is 15.0. The maximum Gasteiger partial charge on any atom is 0.404 e. The first-order valence-corrected chi connectivity index (χ1v) is 19.4. The number of likely N-dealkylation sites (N-methyl/N-ethyl adjacent to an activating group) is 1. The normalized spacial score (nSPS) is 27.8. The molecule has 0 aromatic carbocycles. The number of carbonyl (C=O) groups excluding carboxylic acids is 5. The summed E-state index contributed by atoms with van der Waals surface area (Å²) in [4.78, 5) is 82.8. The van der Waals surface area contributed by atoms with Crippen molar-refractivity contribution < 1.29 is 43.3 Å². The van der Waals surface area contributed by atoms with Crippen LogP contribution in [0.25, 0.3) is 0 Å². The molecule has 15 heteroatoms. The lowest BCUT2D eigenvalue weighted by atomic mass is 9.83. The van der Waals surface area contributed by atoms with Crippen molar-refractivity contribution in [1.29, 1.82) is 0 Å². The Kier molecular flexibility index (Phi) is 20.4. The maximum absolute atomic E-state index is 14.2. The molecule has 6 amide bonds. The van der Waals surface area contributed by atoms with E-state index in [0.29, 0.717) is 25.7 Å². The minimum Gasteiger partial charge on any atom is -0.465 e. The Bertz CT molecular complexity index is 1210. The van der Waals surface area contributed by atoms with Crippen LogP contribution in [-0.2, 0) is 33.4 Å². The number of amides is 6. The van der Waals surface area contributed by atoms with Crippen molar-refractivity contribution in [1.82, 2.24) is 31.5 Å². The lowest BCUT2D eigenvalue weighted by molar-refractivity contribution is -0.147. The summed E-state index contributed by atoms with van der Waals surface area (Å²) in [6.07, 6.45) is 8.40. The van der Waals surface area contributed by atoms with Crippen LogP contribution in [0.15, 0.2) is 12.7 Å². The summed E-state index contributed by atoms with van der Waals surface area (Å²) in [6.45, 7) is 12.6. The topological polar surface area (TPSA) is 204 Å². The van der Waals surface area contributed by atoms with Crippen LogP contribution in [0.2, 0.25) is 0 Å². The Hall–Kier alpha value is -3.72. The van der Waals surface area contributed by atoms with Gasteiger partial charge in [-0.1, -0.05) is 78.7 Å². The molecule has 7 atom stereocenters. The summed E-state index contributed by atoms with van der Waals surface area (Å²) in [5.41, 5.74) is 0. The van der Waals surface area contributed by atoms with E-state index in [2.05, 4.69) is 40.1 Å². The Labute approximate surface area is 315 Å². The zero-order chi connectivity index (χ0) is 39.5. The Morgan fingerprint density at radius 3 is 2.25 bits per heavy atom. The van der Waals surface area contributed by atoms with Gasteiger partial charge in [0, 0.05) is 13.1 Å². The molecule has 0 radical (unpaired) electrons. The molecule has 2 fully saturated rings. The molecule has 1 aliphatic heterocycles. The number of nitrogens with one attached hydrogen (secondary N) is 5. The first-order chi connectivity index (χ1) is 25.2. The summed E-state index contributed by atoms with van der Waals surface area (Å²) in [5, 5.41) is 22.6. The van der Waals surface area contributed by atoms with Crippen LogP contribution in [0.4, 0.5) is 4.79 Å². The van der Waals surface area contributed by atoms with Gasteiger partial charge in [-0.2, -0.15) is 0 Å². The van der Waals surface area contributed by atoms with Gasteiger partial charge >= 0.3 is 6.09 Å². The molecule has 0 aromatic heterocycles. The summed E-state index contributed by atoms with van der Waals surface area (Å²) >= 11 is 0. The number of unbranched alkanes of at least 4 members (excludes halogenated alkanes) is 3. The van der Waals surface area contributed by atoms with Crippen LogP contribution in [0.3, 0.4) is 0 Å². The van der Waals surface area contributed by atoms with Crippen molar-refractivity contribution in [2.75, 3.05) is 33.4 Å². The van der Waals surface area contributed by atoms with Gasteiger partial charge in [0.25, 0.3) is 0 Å². The molecular weight excluding hydrogens is 684 g/mol. The van der Waals surface area contributed by atoms with Gasteiger partial charge < -0.3 is 46.1 Å². The molecule has 0 spiro atoms. The number of ether oxygens (including phenoxy) is 2. The molecule has 1 saturated carbocycles. The quantitative estimate of drug-likeness (QED) is 0.114. The fourth-order valence-corrected chi connectivity index (χ4v) is 6.92. The first kappa shape index (κ1) is 45.4. The van der Waals surface area contributed by atoms with Crippen LogP contribution in [0.1, 0.15) is 105 Å². The standard InChI is InChI=1S/C38H66N6O9/c1-8-10-11-15-18-31-26(6)37(49)44(7)30(20-24(3)4)35(47)43-32(27-16-13-12-14-17-27)36(48)41-28(21-39-38(50)51)33(45)42-29(23-52-19-9-2)34(46)40-25(5)22-53-31/h9,24-32,39H,2,8,10-23H2,1,3-7H3,(H,40,46)(H,41,48)(H,42,45)(H,43,47)(H,50,51)/t25-,26-,28+,29+,30+,31-,32+/m1/s1. The third-order valence-corrected chi connectivity index (χ3v) is 10.00. The minimum atomic E-state index is -1.44. The second kappa shape index (κ2) is 23.8. The summed E-state index contributed by atoms with van der Waals surface area (Å²) in [5.74, 6) is -3.68. The van der Waals surface area contributed by atoms with E-state index in [0.717, 1.165) is 44.9 Å². The molecule has 1 aliphatic carbocycles. The molecule has 2 aliphatic rings. The largest absolute Gasteiger partial charge is 0.465 e. The highest BCUT2D eigenvalue weighted by Gasteiger charge is 2.39. The van der Waals surface area contributed by atoms with Gasteiger partial charge in [-0.3, -0.25) is 24.0 Å². The van der Waals surface area contributed by atoms with Gasteiger partial charge in [-0.25, -0.2) is 4.79 Å². The zero-order valence-electron chi connectivity index (χ0n) is 32.7. The lowest BCUT2D eigenvalue weighted by Gasteiger charge is -2.36. The average Bonchev–Trinajstić information content (AvgIpc) is 3.12. The Balaban J connectivity index is 2.61. The van der Waals surface area contributed by atoms with E-state index in [4.69, 9.17) is 9.47 Å². The molecule has 53 heavy (non-hydrogen) atoms. The lowest BCUT2D eigenvalue weighted by Crippen LogP contribution is -2.62. The van der Waals surface area contributed by atoms with Crippen LogP contribution in [0.5, 0.6) is 0 Å². The van der Waals surface area contributed by atoms with E-state index in [1.54, 1.807) is 20.9 Å². The van der Waals surface area contributed by atoms with Crippen LogP contribution in [0, 0.1) is 17.8 Å². The van der Waals surface area contributed by atoms with Crippen molar-refractivity contribution in [3.63, 3.8) is 0 Å². The van der Waals surface area contributed by atoms with Gasteiger partial charge in [0.1, 0.15) is 24.2 Å².